The fourth-order valence-electron chi connectivity index (χ4n) is 6.44. The lowest BCUT2D eigenvalue weighted by atomic mass is 9.71. The number of rotatable bonds is 9. The second-order valence-corrected chi connectivity index (χ2v) is 14.9. The van der Waals surface area contributed by atoms with Crippen molar-refractivity contribution in [3.05, 3.63) is 90.0 Å². The summed E-state index contributed by atoms with van der Waals surface area (Å²) in [7, 11) is 0.0655. The molecule has 3 heterocycles. The van der Waals surface area contributed by atoms with Crippen molar-refractivity contribution in [1.29, 1.82) is 0 Å². The number of aliphatic hydroxyl groups is 2. The molecule has 4 atom stereocenters. The van der Waals surface area contributed by atoms with Gasteiger partial charge >= 0.3 is 6.09 Å². The van der Waals surface area contributed by atoms with Crippen LogP contribution in [0.1, 0.15) is 51.2 Å². The first-order chi connectivity index (χ1) is 21.6. The van der Waals surface area contributed by atoms with Crippen molar-refractivity contribution in [3.63, 3.8) is 0 Å². The molecule has 6 rings (SSSR count). The minimum Gasteiger partial charge on any atom is -0.486 e. The largest absolute Gasteiger partial charge is 0.486 e. The van der Waals surface area contributed by atoms with E-state index in [2.05, 4.69) is 20.8 Å². The summed E-state index contributed by atoms with van der Waals surface area (Å²) in [4.78, 5) is 15.5. The SMILES string of the molecule is CC(C)(C)[Si]OC(c1ccccc1)(c1ccccc1)C1OC(CC(O)CO)CCC12CN(c1ccc3c(c1)OCCO3)C(=O)O2. The third kappa shape index (κ3) is 6.35. The molecule has 3 aromatic carbocycles. The van der Waals surface area contributed by atoms with E-state index in [1.54, 1.807) is 4.90 Å². The van der Waals surface area contributed by atoms with E-state index in [1.165, 1.54) is 0 Å². The summed E-state index contributed by atoms with van der Waals surface area (Å²) in [5.74, 6) is 1.22. The third-order valence-corrected chi connectivity index (χ3v) is 9.54. The average molecular weight is 632 g/mol. The molecular weight excluding hydrogens is 590 g/mol. The van der Waals surface area contributed by atoms with Crippen LogP contribution >= 0.6 is 0 Å². The van der Waals surface area contributed by atoms with Crippen LogP contribution in [0.25, 0.3) is 0 Å². The number of carbonyl (C=O) groups is 1. The van der Waals surface area contributed by atoms with Crippen molar-refractivity contribution < 1.29 is 38.4 Å². The van der Waals surface area contributed by atoms with E-state index in [9.17, 15) is 15.0 Å². The van der Waals surface area contributed by atoms with Gasteiger partial charge in [0.05, 0.1) is 31.0 Å². The molecule has 0 bridgehead atoms. The normalized spacial score (nSPS) is 24.0. The Morgan fingerprint density at radius 3 is 2.24 bits per heavy atom. The number of hydrogen-bond acceptors (Lipinski definition) is 8. The third-order valence-electron chi connectivity index (χ3n) is 8.51. The van der Waals surface area contributed by atoms with Gasteiger partial charge in [-0.15, -0.1) is 0 Å². The number of nitrogens with zero attached hydrogens (tertiary/aromatic N) is 1. The summed E-state index contributed by atoms with van der Waals surface area (Å²) in [6.45, 7) is 7.14. The highest BCUT2D eigenvalue weighted by molar-refractivity contribution is 6.32. The molecule has 238 valence electrons. The highest BCUT2D eigenvalue weighted by Crippen LogP contribution is 2.52. The van der Waals surface area contributed by atoms with Crippen molar-refractivity contribution in [2.75, 3.05) is 31.3 Å². The molecular formula is C35H41NO8Si. The minimum absolute atomic E-state index is 0.0655. The zero-order valence-electron chi connectivity index (χ0n) is 26.0. The van der Waals surface area contributed by atoms with E-state index in [1.807, 2.05) is 78.9 Å². The Bertz CT molecular complexity index is 1430. The molecule has 2 fully saturated rings. The maximum absolute atomic E-state index is 13.8. The lowest BCUT2D eigenvalue weighted by molar-refractivity contribution is -0.220. The molecule has 0 saturated carbocycles. The van der Waals surface area contributed by atoms with E-state index >= 15 is 0 Å². The summed E-state index contributed by atoms with van der Waals surface area (Å²) in [6, 6.07) is 25.4. The number of benzene rings is 3. The van der Waals surface area contributed by atoms with E-state index in [0.717, 1.165) is 11.1 Å². The fraction of sp³-hybridized carbons (Fsp3) is 0.457. The monoisotopic (exact) mass is 631 g/mol. The Hall–Kier alpha value is -3.41. The van der Waals surface area contributed by atoms with Crippen LogP contribution in [0.15, 0.2) is 78.9 Å². The summed E-state index contributed by atoms with van der Waals surface area (Å²) < 4.78 is 32.2. The predicted octanol–water partition coefficient (Wildman–Crippen LogP) is 5.24. The van der Waals surface area contributed by atoms with Gasteiger partial charge in [0.2, 0.25) is 9.76 Å². The molecule has 3 aliphatic heterocycles. The van der Waals surface area contributed by atoms with Gasteiger partial charge in [0.1, 0.15) is 24.9 Å². The summed E-state index contributed by atoms with van der Waals surface area (Å²) in [5.41, 5.74) is 0.0865. The molecule has 4 unspecified atom stereocenters. The lowest BCUT2D eigenvalue weighted by Gasteiger charge is -2.52. The second kappa shape index (κ2) is 12.8. The van der Waals surface area contributed by atoms with Crippen LogP contribution in [0.3, 0.4) is 0 Å². The number of aliphatic hydroxyl groups excluding tert-OH is 2. The van der Waals surface area contributed by atoms with Gasteiger partial charge in [0.15, 0.2) is 17.1 Å². The molecule has 3 aromatic rings. The Kier molecular flexibility index (Phi) is 8.95. The van der Waals surface area contributed by atoms with Crippen molar-refractivity contribution in [2.24, 2.45) is 0 Å². The van der Waals surface area contributed by atoms with Crippen molar-refractivity contribution in [3.8, 4) is 11.5 Å². The number of amides is 1. The van der Waals surface area contributed by atoms with E-state index in [0.29, 0.717) is 43.2 Å². The number of ether oxygens (including phenoxy) is 4. The molecule has 2 N–H and O–H groups in total. The molecule has 0 aromatic heterocycles. The quantitative estimate of drug-likeness (QED) is 0.309. The molecule has 2 saturated heterocycles. The van der Waals surface area contributed by atoms with E-state index < -0.39 is 35.6 Å². The molecule has 2 radical (unpaired) electrons. The number of fused-ring (bicyclic) bond motifs is 1. The summed E-state index contributed by atoms with van der Waals surface area (Å²) in [5, 5.41) is 20.0. The Morgan fingerprint density at radius 1 is 0.978 bits per heavy atom. The lowest BCUT2D eigenvalue weighted by Crippen LogP contribution is -2.63. The first-order valence-corrected chi connectivity index (χ1v) is 16.5. The van der Waals surface area contributed by atoms with Crippen LogP contribution in [0.4, 0.5) is 10.5 Å². The van der Waals surface area contributed by atoms with Gasteiger partial charge in [-0.05, 0) is 41.1 Å². The highest BCUT2D eigenvalue weighted by atomic mass is 28.2. The molecule has 1 amide bonds. The maximum atomic E-state index is 13.8. The van der Waals surface area contributed by atoms with Crippen molar-refractivity contribution >= 4 is 21.5 Å². The predicted molar refractivity (Wildman–Crippen MR) is 170 cm³/mol. The Labute approximate surface area is 267 Å². The fourth-order valence-corrected chi connectivity index (χ4v) is 7.25. The maximum Gasteiger partial charge on any atom is 0.415 e. The zero-order chi connectivity index (χ0) is 31.7. The van der Waals surface area contributed by atoms with Gasteiger partial charge in [-0.2, -0.15) is 0 Å². The molecule has 10 heteroatoms. The van der Waals surface area contributed by atoms with Crippen molar-refractivity contribution in [2.45, 2.75) is 74.6 Å². The Balaban J connectivity index is 1.49. The summed E-state index contributed by atoms with van der Waals surface area (Å²) in [6.07, 6.45) is -1.40. The standard InChI is InChI=1S/C35H41NO8Si/c1-33(2,3)45-44-35(24-10-6-4-7-11-24,25-12-8-5-9-13-25)31-34(17-16-28(42-31)21-27(38)22-37)23-36(32(39)43-34)26-14-15-29-30(20-26)41-19-18-40-29/h4-15,20,27-28,31,37-38H,16-19,21-23H2,1-3H3. The van der Waals surface area contributed by atoms with E-state index in [-0.39, 0.29) is 34.4 Å². The van der Waals surface area contributed by atoms with Crippen LogP contribution in [-0.4, -0.2) is 76.3 Å². The Morgan fingerprint density at radius 2 is 1.62 bits per heavy atom. The van der Waals surface area contributed by atoms with Gasteiger partial charge in [0, 0.05) is 12.5 Å². The average Bonchev–Trinajstić information content (AvgIpc) is 3.39. The molecule has 9 nitrogen and oxygen atoms in total. The van der Waals surface area contributed by atoms with Gasteiger partial charge in [-0.1, -0.05) is 81.4 Å². The van der Waals surface area contributed by atoms with Crippen LogP contribution in [0.5, 0.6) is 11.5 Å². The molecule has 45 heavy (non-hydrogen) atoms. The number of anilines is 1. The molecule has 1 spiro atoms. The van der Waals surface area contributed by atoms with Gasteiger partial charge in [-0.25, -0.2) is 4.79 Å². The zero-order valence-corrected chi connectivity index (χ0v) is 27.0. The van der Waals surface area contributed by atoms with Gasteiger partial charge in [-0.3, -0.25) is 4.90 Å². The van der Waals surface area contributed by atoms with Crippen molar-refractivity contribution in [1.82, 2.24) is 0 Å². The number of carbonyl (C=O) groups excluding carboxylic acids is 1. The summed E-state index contributed by atoms with van der Waals surface area (Å²) >= 11 is 0. The first-order valence-electron chi connectivity index (χ1n) is 15.5. The van der Waals surface area contributed by atoms with E-state index in [4.69, 9.17) is 23.4 Å². The van der Waals surface area contributed by atoms with Crippen LogP contribution in [0.2, 0.25) is 5.04 Å². The second-order valence-electron chi connectivity index (χ2n) is 13.0. The number of hydrogen-bond donors (Lipinski definition) is 2. The smallest absolute Gasteiger partial charge is 0.415 e. The van der Waals surface area contributed by atoms with Crippen LogP contribution in [-0.2, 0) is 19.5 Å². The van der Waals surface area contributed by atoms with Crippen LogP contribution in [0, 0.1) is 0 Å². The minimum atomic E-state index is -1.18. The van der Waals surface area contributed by atoms with Gasteiger partial charge in [0.25, 0.3) is 0 Å². The molecule has 0 aliphatic carbocycles. The van der Waals surface area contributed by atoms with Gasteiger partial charge < -0.3 is 33.6 Å². The topological polar surface area (TPSA) is 107 Å². The highest BCUT2D eigenvalue weighted by Gasteiger charge is 2.63. The first kappa shape index (κ1) is 31.6. The van der Waals surface area contributed by atoms with Crippen LogP contribution < -0.4 is 14.4 Å². The molecule has 3 aliphatic rings.